The first-order chi connectivity index (χ1) is 19.6. The van der Waals surface area contributed by atoms with Gasteiger partial charge < -0.3 is 15.4 Å². The summed E-state index contributed by atoms with van der Waals surface area (Å²) in [5, 5.41) is 0.157. The van der Waals surface area contributed by atoms with Crippen LogP contribution < -0.4 is 32.2 Å². The third kappa shape index (κ3) is 4.73. The van der Waals surface area contributed by atoms with Gasteiger partial charge in [0.1, 0.15) is 22.8 Å². The second-order valence-electron chi connectivity index (χ2n) is 10.5. The number of aryl methyl sites for hydroxylation is 1. The Morgan fingerprint density at radius 2 is 1.83 bits per heavy atom. The van der Waals surface area contributed by atoms with Crippen molar-refractivity contribution in [2.75, 3.05) is 11.5 Å². The summed E-state index contributed by atoms with van der Waals surface area (Å²) in [6.07, 6.45) is 2.84. The molecule has 2 saturated carbocycles. The van der Waals surface area contributed by atoms with Gasteiger partial charge in [0.05, 0.1) is 16.9 Å². The monoisotopic (exact) mass is 671 g/mol. The largest absolute Gasteiger partial charge is 0.484 e. The minimum Gasteiger partial charge on any atom is -0.484 e. The third-order valence-electron chi connectivity index (χ3n) is 7.49. The highest BCUT2D eigenvalue weighted by Gasteiger charge is 2.38. The average molecular weight is 671 g/mol. The molecule has 2 N–H and O–H groups in total. The van der Waals surface area contributed by atoms with Crippen molar-refractivity contribution < 1.29 is 13.9 Å². The highest BCUT2D eigenvalue weighted by atomic mass is 127. The van der Waals surface area contributed by atoms with Gasteiger partial charge in [-0.05, 0) is 85.5 Å². The quantitative estimate of drug-likeness (QED) is 0.287. The molecule has 0 unspecified atom stereocenters. The number of carbonyl (C=O) groups excluding carboxylic acids is 1. The Kier molecular flexibility index (Phi) is 6.75. The molecule has 0 spiro atoms. The van der Waals surface area contributed by atoms with Gasteiger partial charge in [-0.1, -0.05) is 6.07 Å². The van der Waals surface area contributed by atoms with Crippen molar-refractivity contribution in [3.05, 3.63) is 88.6 Å². The molecule has 6 rings (SSSR count). The van der Waals surface area contributed by atoms with E-state index in [0.717, 1.165) is 12.8 Å². The molecule has 212 valence electrons. The van der Waals surface area contributed by atoms with Crippen molar-refractivity contribution in [3.8, 4) is 11.4 Å². The Morgan fingerprint density at radius 1 is 1.10 bits per heavy atom. The summed E-state index contributed by atoms with van der Waals surface area (Å²) < 4.78 is 25.6. The Hall–Kier alpha value is -3.94. The number of nitrogens with zero attached hydrogens (tertiary/aromatic N) is 4. The molecule has 10 nitrogen and oxygen atoms in total. The molecule has 2 fully saturated rings. The lowest BCUT2D eigenvalue weighted by atomic mass is 10.1. The van der Waals surface area contributed by atoms with Gasteiger partial charge in [0.15, 0.2) is 6.61 Å². The van der Waals surface area contributed by atoms with Crippen LogP contribution in [0.3, 0.4) is 0 Å². The first-order valence-corrected chi connectivity index (χ1v) is 14.3. The number of pyridine rings is 1. The van der Waals surface area contributed by atoms with E-state index >= 15 is 4.39 Å². The van der Waals surface area contributed by atoms with Crippen LogP contribution in [0.2, 0.25) is 0 Å². The number of hydrogen-bond acceptors (Lipinski definition) is 6. The number of halogens is 2. The molecule has 0 atom stereocenters. The molecule has 0 radical (unpaired) electrons. The van der Waals surface area contributed by atoms with E-state index in [1.807, 2.05) is 22.6 Å². The lowest BCUT2D eigenvalue weighted by Crippen LogP contribution is -2.42. The van der Waals surface area contributed by atoms with Crippen LogP contribution in [-0.2, 0) is 11.8 Å². The minimum atomic E-state index is -0.660. The summed E-state index contributed by atoms with van der Waals surface area (Å²) >= 11 is 2.03. The Bertz CT molecular complexity index is 1920. The second kappa shape index (κ2) is 10.2. The summed E-state index contributed by atoms with van der Waals surface area (Å²) in [6.45, 7) is 1.22. The average Bonchev–Trinajstić information content (AvgIpc) is 3.85. The number of hydrogen-bond donors (Lipinski definition) is 1. The maximum absolute atomic E-state index is 15.5. The molecule has 2 aliphatic rings. The van der Waals surface area contributed by atoms with Crippen LogP contribution in [0.5, 0.6) is 5.75 Å². The van der Waals surface area contributed by atoms with Gasteiger partial charge in [0.2, 0.25) is 0 Å². The van der Waals surface area contributed by atoms with Crippen LogP contribution in [0, 0.1) is 16.3 Å². The number of fused-ring (bicyclic) bond motifs is 1. The highest BCUT2D eigenvalue weighted by molar-refractivity contribution is 14.1. The van der Waals surface area contributed by atoms with E-state index in [1.54, 1.807) is 55.3 Å². The first-order valence-electron chi connectivity index (χ1n) is 13.2. The smallest absolute Gasteiger partial charge is 0.336 e. The van der Waals surface area contributed by atoms with Gasteiger partial charge in [-0.25, -0.2) is 9.18 Å². The number of amides is 1. The fraction of sp³-hybridized carbons (Fsp3) is 0.310. The molecule has 0 bridgehead atoms. The number of primary amides is 1. The molecule has 2 heterocycles. The van der Waals surface area contributed by atoms with Crippen LogP contribution in [0.1, 0.15) is 37.3 Å². The summed E-state index contributed by atoms with van der Waals surface area (Å²) in [4.78, 5) is 55.0. The van der Waals surface area contributed by atoms with Crippen LogP contribution in [0.25, 0.3) is 16.6 Å². The predicted octanol–water partition coefficient (Wildman–Crippen LogP) is 3.40. The van der Waals surface area contributed by atoms with Crippen LogP contribution >= 0.6 is 22.6 Å². The van der Waals surface area contributed by atoms with E-state index < -0.39 is 28.5 Å². The van der Waals surface area contributed by atoms with Gasteiger partial charge >= 0.3 is 5.69 Å². The summed E-state index contributed by atoms with van der Waals surface area (Å²) in [5.74, 6) is -0.604. The SMILES string of the molecule is Cc1c(=O)n(C)c(N(c2ccc(I)cc2F)C2CC2)c2c(=O)n(C3CC3)c(=O)n(-c3cccc(OCC(N)=O)c3)c12. The van der Waals surface area contributed by atoms with Gasteiger partial charge in [-0.15, -0.1) is 0 Å². The number of benzene rings is 2. The molecule has 2 aromatic carbocycles. The Morgan fingerprint density at radius 3 is 2.46 bits per heavy atom. The van der Waals surface area contributed by atoms with Crippen molar-refractivity contribution >= 4 is 50.9 Å². The Balaban J connectivity index is 1.73. The molecule has 2 aliphatic carbocycles. The lowest BCUT2D eigenvalue weighted by molar-refractivity contribution is -0.119. The molecular weight excluding hydrogens is 644 g/mol. The number of aromatic nitrogens is 3. The molecule has 2 aromatic heterocycles. The summed E-state index contributed by atoms with van der Waals surface area (Å²) in [6, 6.07) is 10.9. The third-order valence-corrected chi connectivity index (χ3v) is 8.16. The fourth-order valence-corrected chi connectivity index (χ4v) is 5.79. The number of nitrogens with two attached hydrogens (primary N) is 1. The van der Waals surface area contributed by atoms with Crippen LogP contribution in [0.15, 0.2) is 56.8 Å². The summed E-state index contributed by atoms with van der Waals surface area (Å²) in [7, 11) is 1.57. The van der Waals surface area contributed by atoms with E-state index in [2.05, 4.69) is 0 Å². The predicted molar refractivity (Wildman–Crippen MR) is 161 cm³/mol. The standard InChI is InChI=1S/C29H27FIN5O5/c1-15-25-24(26(33(2)27(15)38)34(17-7-8-17)22-11-6-16(31)12-21(22)30)28(39)36(18-9-10-18)29(40)35(25)19-4-3-5-20(13-19)41-14-23(32)37/h3-6,11-13,17-18H,7-10,14H2,1-2H3,(H2,32,37). The van der Waals surface area contributed by atoms with Crippen molar-refractivity contribution in [3.63, 3.8) is 0 Å². The number of anilines is 2. The topological polar surface area (TPSA) is 122 Å². The minimum absolute atomic E-state index is 0.124. The first kappa shape index (κ1) is 27.2. The van der Waals surface area contributed by atoms with E-state index in [9.17, 15) is 19.2 Å². The van der Waals surface area contributed by atoms with Gasteiger partial charge in [0, 0.05) is 34.3 Å². The van der Waals surface area contributed by atoms with E-state index in [4.69, 9.17) is 10.5 Å². The number of carbonyl (C=O) groups is 1. The molecule has 12 heteroatoms. The van der Waals surface area contributed by atoms with Crippen molar-refractivity contribution in [2.45, 2.75) is 44.7 Å². The van der Waals surface area contributed by atoms with Crippen molar-refractivity contribution in [2.24, 2.45) is 12.8 Å². The van der Waals surface area contributed by atoms with Gasteiger partial charge in [0.25, 0.3) is 17.0 Å². The molecule has 0 aliphatic heterocycles. The van der Waals surface area contributed by atoms with E-state index in [0.29, 0.717) is 22.1 Å². The Labute approximate surface area is 246 Å². The van der Waals surface area contributed by atoms with Crippen molar-refractivity contribution in [1.29, 1.82) is 0 Å². The van der Waals surface area contributed by atoms with Crippen LogP contribution in [0.4, 0.5) is 15.9 Å². The molecule has 4 aromatic rings. The fourth-order valence-electron chi connectivity index (χ4n) is 5.33. The summed E-state index contributed by atoms with van der Waals surface area (Å²) in [5.41, 5.74) is 4.66. The molecule has 0 saturated heterocycles. The van der Waals surface area contributed by atoms with E-state index in [-0.39, 0.29) is 52.4 Å². The zero-order valence-electron chi connectivity index (χ0n) is 22.4. The zero-order valence-corrected chi connectivity index (χ0v) is 24.6. The second-order valence-corrected chi connectivity index (χ2v) is 11.8. The van der Waals surface area contributed by atoms with E-state index in [1.165, 1.54) is 19.8 Å². The highest BCUT2D eigenvalue weighted by Crippen LogP contribution is 2.42. The molecular formula is C29H27FIN5O5. The van der Waals surface area contributed by atoms with Crippen molar-refractivity contribution in [1.82, 2.24) is 13.7 Å². The normalized spacial score (nSPS) is 14.8. The molecule has 1 amide bonds. The maximum atomic E-state index is 15.5. The molecule has 41 heavy (non-hydrogen) atoms. The van der Waals surface area contributed by atoms with Gasteiger partial charge in [-0.2, -0.15) is 0 Å². The van der Waals surface area contributed by atoms with Gasteiger partial charge in [-0.3, -0.25) is 28.1 Å². The number of rotatable bonds is 8. The maximum Gasteiger partial charge on any atom is 0.336 e. The van der Waals surface area contributed by atoms with Crippen LogP contribution in [-0.4, -0.2) is 32.3 Å². The zero-order chi connectivity index (χ0) is 29.2. The lowest BCUT2D eigenvalue weighted by Gasteiger charge is -2.29. The number of ether oxygens (including phenoxy) is 1.